The van der Waals surface area contributed by atoms with Crippen molar-refractivity contribution < 1.29 is 13.2 Å². The van der Waals surface area contributed by atoms with Crippen LogP contribution in [0.2, 0.25) is 0 Å². The van der Waals surface area contributed by atoms with E-state index in [0.717, 1.165) is 44.7 Å². The van der Waals surface area contributed by atoms with Gasteiger partial charge in [-0.25, -0.2) is 19.3 Å². The number of pyridine rings is 1. The number of nitrogens with zero attached hydrogens (tertiary/aromatic N) is 7. The Labute approximate surface area is 236 Å². The smallest absolute Gasteiger partial charge is 0.370 e. The predicted molar refractivity (Wildman–Crippen MR) is 154 cm³/mol. The van der Waals surface area contributed by atoms with E-state index < -0.39 is 11.6 Å². The minimum absolute atomic E-state index is 0.158. The number of nitrogens with one attached hydrogen (secondary N) is 1. The number of anilines is 3. The fourth-order valence-electron chi connectivity index (χ4n) is 5.06. The van der Waals surface area contributed by atoms with Crippen LogP contribution >= 0.6 is 0 Å². The molecule has 0 bridgehead atoms. The average Bonchev–Trinajstić information content (AvgIpc) is 3.52. The maximum atomic E-state index is 13.8. The van der Waals surface area contributed by atoms with Crippen LogP contribution in [-0.2, 0) is 5.41 Å². The van der Waals surface area contributed by atoms with E-state index >= 15 is 0 Å². The molecular formula is C29H35F3N8O. The molecule has 1 atom stereocenters. The zero-order valence-corrected chi connectivity index (χ0v) is 24.1. The van der Waals surface area contributed by atoms with Gasteiger partial charge in [0.2, 0.25) is 5.95 Å². The van der Waals surface area contributed by atoms with Gasteiger partial charge in [0.05, 0.1) is 5.69 Å². The van der Waals surface area contributed by atoms with Gasteiger partial charge in [0.1, 0.15) is 10.8 Å². The van der Waals surface area contributed by atoms with E-state index in [9.17, 15) is 18.0 Å². The summed E-state index contributed by atoms with van der Waals surface area (Å²) in [6.07, 6.45) is -1.96. The first-order valence-corrected chi connectivity index (χ1v) is 13.6. The van der Waals surface area contributed by atoms with Crippen molar-refractivity contribution in [3.05, 3.63) is 64.7 Å². The number of aromatic nitrogens is 5. The zero-order valence-electron chi connectivity index (χ0n) is 24.1. The van der Waals surface area contributed by atoms with Crippen molar-refractivity contribution in [2.75, 3.05) is 37.4 Å². The van der Waals surface area contributed by atoms with E-state index in [4.69, 9.17) is 0 Å². The first-order chi connectivity index (χ1) is 19.3. The quantitative estimate of drug-likeness (QED) is 0.325. The van der Waals surface area contributed by atoms with E-state index in [1.165, 1.54) is 27.7 Å². The third kappa shape index (κ3) is 5.28. The number of fused-ring (bicyclic) bond motifs is 1. The summed E-state index contributed by atoms with van der Waals surface area (Å²) in [5.41, 5.74) is -0.554. The summed E-state index contributed by atoms with van der Waals surface area (Å²) in [6, 6.07) is 12.6. The highest BCUT2D eigenvalue weighted by molar-refractivity contribution is 5.77. The molecule has 1 aliphatic heterocycles. The van der Waals surface area contributed by atoms with Gasteiger partial charge in [-0.1, -0.05) is 6.07 Å². The number of benzene rings is 1. The molecule has 1 N–H and O–H groups in total. The molecule has 0 unspecified atom stereocenters. The molecule has 9 nitrogen and oxygen atoms in total. The summed E-state index contributed by atoms with van der Waals surface area (Å²) in [5, 5.41) is 3.43. The lowest BCUT2D eigenvalue weighted by Gasteiger charge is -2.27. The van der Waals surface area contributed by atoms with Crippen molar-refractivity contribution in [1.29, 1.82) is 0 Å². The van der Waals surface area contributed by atoms with Gasteiger partial charge < -0.3 is 15.1 Å². The molecule has 1 saturated heterocycles. The molecule has 0 saturated carbocycles. The van der Waals surface area contributed by atoms with Crippen LogP contribution in [0.25, 0.3) is 16.9 Å². The van der Waals surface area contributed by atoms with Gasteiger partial charge in [-0.05, 0) is 84.6 Å². The van der Waals surface area contributed by atoms with Crippen molar-refractivity contribution in [2.45, 2.75) is 57.8 Å². The largest absolute Gasteiger partial charge is 0.399 e. The van der Waals surface area contributed by atoms with Crippen molar-refractivity contribution >= 4 is 28.4 Å². The third-order valence-corrected chi connectivity index (χ3v) is 7.80. The number of hydrogen-bond acceptors (Lipinski definition) is 7. The normalized spacial score (nSPS) is 16.4. The van der Waals surface area contributed by atoms with Crippen LogP contribution in [0.3, 0.4) is 0 Å². The molecule has 0 radical (unpaired) electrons. The van der Waals surface area contributed by atoms with Gasteiger partial charge in [-0.3, -0.25) is 4.79 Å². The van der Waals surface area contributed by atoms with E-state index in [0.29, 0.717) is 6.04 Å². The first kappa shape index (κ1) is 28.6. The second kappa shape index (κ2) is 10.5. The number of rotatable bonds is 7. The topological polar surface area (TPSA) is 84.1 Å². The lowest BCUT2D eigenvalue weighted by molar-refractivity contribution is -0.181. The second-order valence-electron chi connectivity index (χ2n) is 11.5. The molecule has 12 heteroatoms. The highest BCUT2D eigenvalue weighted by atomic mass is 19.4. The van der Waals surface area contributed by atoms with E-state index in [1.807, 2.05) is 38.1 Å². The molecule has 0 amide bonds. The van der Waals surface area contributed by atoms with Crippen LogP contribution < -0.4 is 15.8 Å². The fraction of sp³-hybridized carbons (Fsp3) is 0.448. The molecule has 3 aromatic heterocycles. The Bertz CT molecular complexity index is 1610. The van der Waals surface area contributed by atoms with Crippen molar-refractivity contribution in [1.82, 2.24) is 29.2 Å². The summed E-state index contributed by atoms with van der Waals surface area (Å²) in [4.78, 5) is 31.3. The van der Waals surface area contributed by atoms with Crippen LogP contribution in [0.5, 0.6) is 0 Å². The number of hydrogen-bond donors (Lipinski definition) is 1. The summed E-state index contributed by atoms with van der Waals surface area (Å²) < 4.78 is 44.3. The Kier molecular flexibility index (Phi) is 7.31. The van der Waals surface area contributed by atoms with Gasteiger partial charge >= 0.3 is 6.18 Å². The molecule has 4 aromatic rings. The van der Waals surface area contributed by atoms with Crippen LogP contribution in [0, 0.1) is 0 Å². The number of likely N-dealkylation sites (N-methyl/N-ethyl adjacent to an activating group) is 1. The maximum absolute atomic E-state index is 13.8. The highest BCUT2D eigenvalue weighted by Crippen LogP contribution is 2.39. The van der Waals surface area contributed by atoms with Crippen LogP contribution in [0.4, 0.5) is 30.5 Å². The maximum Gasteiger partial charge on any atom is 0.399 e. The Morgan fingerprint density at radius 1 is 1.05 bits per heavy atom. The lowest BCUT2D eigenvalue weighted by Crippen LogP contribution is -2.37. The molecule has 1 aromatic carbocycles. The van der Waals surface area contributed by atoms with Crippen molar-refractivity contribution in [3.8, 4) is 5.82 Å². The van der Waals surface area contributed by atoms with Crippen molar-refractivity contribution in [2.24, 2.45) is 0 Å². The Morgan fingerprint density at radius 3 is 2.37 bits per heavy atom. The molecule has 1 aliphatic rings. The SMILES string of the molecule is CC(C)n1c(=O)c2cnc(Nc3ccc(N4CC[C@@H](N(C)C)C4)cc3)nc2n1-c1cccc(C(C)(C)C(F)(F)F)n1. The van der Waals surface area contributed by atoms with E-state index in [-0.39, 0.29) is 40.1 Å². The lowest BCUT2D eigenvalue weighted by atomic mass is 9.88. The van der Waals surface area contributed by atoms with E-state index in [2.05, 4.69) is 44.2 Å². The first-order valence-electron chi connectivity index (χ1n) is 13.6. The van der Waals surface area contributed by atoms with Crippen LogP contribution in [0.15, 0.2) is 53.5 Å². The van der Waals surface area contributed by atoms with Gasteiger partial charge in [0, 0.05) is 42.7 Å². The molecular weight excluding hydrogens is 533 g/mol. The Morgan fingerprint density at radius 2 is 1.76 bits per heavy atom. The van der Waals surface area contributed by atoms with Gasteiger partial charge in [0.25, 0.3) is 5.56 Å². The predicted octanol–water partition coefficient (Wildman–Crippen LogP) is 5.28. The minimum Gasteiger partial charge on any atom is -0.370 e. The second-order valence-corrected chi connectivity index (χ2v) is 11.5. The number of alkyl halides is 3. The molecule has 41 heavy (non-hydrogen) atoms. The van der Waals surface area contributed by atoms with Crippen molar-refractivity contribution in [3.63, 3.8) is 0 Å². The Balaban J connectivity index is 1.50. The third-order valence-electron chi connectivity index (χ3n) is 7.80. The summed E-state index contributed by atoms with van der Waals surface area (Å²) >= 11 is 0. The van der Waals surface area contributed by atoms with Gasteiger partial charge in [-0.2, -0.15) is 18.2 Å². The average molecular weight is 569 g/mol. The van der Waals surface area contributed by atoms with E-state index in [1.54, 1.807) is 6.07 Å². The van der Waals surface area contributed by atoms with Crippen LogP contribution in [0.1, 0.15) is 45.9 Å². The highest BCUT2D eigenvalue weighted by Gasteiger charge is 2.49. The standard InChI is InChI=1S/C29H35F3N8O/c1-18(2)39-26(41)22-16-33-27(34-19-10-12-20(13-11-19)38-15-14-21(17-38)37(5)6)36-25(22)40(39)24-9-7-8-23(35-24)28(3,4)29(30,31)32/h7-13,16,18,21H,14-15,17H2,1-6H3,(H,33,34,36)/t21-/m1/s1. The minimum atomic E-state index is -4.51. The number of halogens is 3. The summed E-state index contributed by atoms with van der Waals surface area (Å²) in [5.74, 6) is 0.414. The molecule has 0 aliphatic carbocycles. The molecule has 1 fully saturated rings. The molecule has 5 rings (SSSR count). The van der Waals surface area contributed by atoms with Gasteiger partial charge in [0.15, 0.2) is 11.5 Å². The summed E-state index contributed by atoms with van der Waals surface area (Å²) in [6.45, 7) is 7.77. The summed E-state index contributed by atoms with van der Waals surface area (Å²) in [7, 11) is 4.20. The molecule has 0 spiro atoms. The fourth-order valence-corrected chi connectivity index (χ4v) is 5.06. The Hall–Kier alpha value is -3.93. The zero-order chi connectivity index (χ0) is 29.7. The van der Waals surface area contributed by atoms with Crippen LogP contribution in [-0.4, -0.2) is 68.6 Å². The molecule has 4 heterocycles. The monoisotopic (exact) mass is 568 g/mol. The van der Waals surface area contributed by atoms with Gasteiger partial charge in [-0.15, -0.1) is 0 Å². The molecule has 218 valence electrons.